The van der Waals surface area contributed by atoms with Gasteiger partial charge in [-0.15, -0.1) is 0 Å². The number of benzene rings is 2. The molecule has 1 N–H and O–H groups in total. The number of methoxy groups -OCH3 is 2. The van der Waals surface area contributed by atoms with Crippen molar-refractivity contribution in [3.05, 3.63) is 53.6 Å². The SMILES string of the molecule is CCOc1ccccc1CC(C(=O)O)c1ccc(OC)cc1OC. The molecule has 5 heteroatoms. The van der Waals surface area contributed by atoms with Crippen LogP contribution in [0.5, 0.6) is 17.2 Å². The Hall–Kier alpha value is -2.69. The average Bonchev–Trinajstić information content (AvgIpc) is 2.60. The van der Waals surface area contributed by atoms with Gasteiger partial charge in [0.05, 0.1) is 26.7 Å². The minimum Gasteiger partial charge on any atom is -0.497 e. The van der Waals surface area contributed by atoms with Crippen LogP contribution in [0.2, 0.25) is 0 Å². The van der Waals surface area contributed by atoms with E-state index in [1.807, 2.05) is 31.2 Å². The summed E-state index contributed by atoms with van der Waals surface area (Å²) in [5.74, 6) is 0.168. The molecule has 24 heavy (non-hydrogen) atoms. The van der Waals surface area contributed by atoms with Gasteiger partial charge in [0.15, 0.2) is 0 Å². The maximum Gasteiger partial charge on any atom is 0.311 e. The minimum atomic E-state index is -0.912. The van der Waals surface area contributed by atoms with Crippen molar-refractivity contribution >= 4 is 5.97 Å². The average molecular weight is 330 g/mol. The van der Waals surface area contributed by atoms with Gasteiger partial charge < -0.3 is 19.3 Å². The second-order valence-corrected chi connectivity index (χ2v) is 5.24. The number of hydrogen-bond donors (Lipinski definition) is 1. The molecule has 0 aliphatic rings. The Morgan fingerprint density at radius 1 is 1.08 bits per heavy atom. The zero-order valence-electron chi connectivity index (χ0n) is 14.1. The van der Waals surface area contributed by atoms with Crippen molar-refractivity contribution < 1.29 is 24.1 Å². The Kier molecular flexibility index (Phi) is 6.07. The second kappa shape index (κ2) is 8.24. The number of hydrogen-bond acceptors (Lipinski definition) is 4. The number of ether oxygens (including phenoxy) is 3. The first-order valence-corrected chi connectivity index (χ1v) is 7.76. The van der Waals surface area contributed by atoms with Crippen LogP contribution in [0.4, 0.5) is 0 Å². The van der Waals surface area contributed by atoms with Gasteiger partial charge in [0.2, 0.25) is 0 Å². The lowest BCUT2D eigenvalue weighted by molar-refractivity contribution is -0.138. The number of aliphatic carboxylic acids is 1. The van der Waals surface area contributed by atoms with E-state index in [9.17, 15) is 9.90 Å². The van der Waals surface area contributed by atoms with Gasteiger partial charge in [0.25, 0.3) is 0 Å². The molecular formula is C19H22O5. The smallest absolute Gasteiger partial charge is 0.311 e. The van der Waals surface area contributed by atoms with Gasteiger partial charge in [-0.25, -0.2) is 0 Å². The number of rotatable bonds is 8. The summed E-state index contributed by atoms with van der Waals surface area (Å²) in [6.45, 7) is 2.43. The van der Waals surface area contributed by atoms with E-state index in [1.54, 1.807) is 25.3 Å². The Morgan fingerprint density at radius 3 is 2.46 bits per heavy atom. The highest BCUT2D eigenvalue weighted by Crippen LogP contribution is 2.34. The molecule has 0 aliphatic carbocycles. The highest BCUT2D eigenvalue weighted by atomic mass is 16.5. The van der Waals surface area contributed by atoms with Crippen molar-refractivity contribution in [2.75, 3.05) is 20.8 Å². The van der Waals surface area contributed by atoms with Crippen LogP contribution in [0.1, 0.15) is 24.0 Å². The molecule has 0 fully saturated rings. The molecule has 2 rings (SSSR count). The van der Waals surface area contributed by atoms with Crippen molar-refractivity contribution in [1.29, 1.82) is 0 Å². The molecule has 0 aliphatic heterocycles. The lowest BCUT2D eigenvalue weighted by atomic mass is 9.91. The topological polar surface area (TPSA) is 65.0 Å². The van der Waals surface area contributed by atoms with Crippen LogP contribution < -0.4 is 14.2 Å². The molecule has 0 aromatic heterocycles. The van der Waals surface area contributed by atoms with Crippen molar-refractivity contribution in [3.8, 4) is 17.2 Å². The van der Waals surface area contributed by atoms with E-state index in [2.05, 4.69) is 0 Å². The lowest BCUT2D eigenvalue weighted by Gasteiger charge is -2.18. The fraction of sp³-hybridized carbons (Fsp3) is 0.316. The van der Waals surface area contributed by atoms with Crippen LogP contribution in [-0.4, -0.2) is 31.9 Å². The summed E-state index contributed by atoms with van der Waals surface area (Å²) in [6, 6.07) is 12.7. The van der Waals surface area contributed by atoms with Crippen LogP contribution in [0.3, 0.4) is 0 Å². The van der Waals surface area contributed by atoms with Gasteiger partial charge in [-0.3, -0.25) is 4.79 Å². The van der Waals surface area contributed by atoms with E-state index in [-0.39, 0.29) is 0 Å². The molecule has 2 aromatic rings. The van der Waals surface area contributed by atoms with E-state index in [0.717, 1.165) is 5.56 Å². The summed E-state index contributed by atoms with van der Waals surface area (Å²) >= 11 is 0. The number of carboxylic acid groups (broad SMARTS) is 1. The molecule has 2 aromatic carbocycles. The van der Waals surface area contributed by atoms with Crippen LogP contribution in [0, 0.1) is 0 Å². The van der Waals surface area contributed by atoms with Crippen molar-refractivity contribution in [2.24, 2.45) is 0 Å². The number of para-hydroxylation sites is 1. The maximum atomic E-state index is 11.9. The zero-order chi connectivity index (χ0) is 17.5. The summed E-state index contributed by atoms with van der Waals surface area (Å²) < 4.78 is 16.1. The second-order valence-electron chi connectivity index (χ2n) is 5.24. The number of carboxylic acids is 1. The molecule has 0 radical (unpaired) electrons. The molecule has 128 valence electrons. The molecule has 0 saturated heterocycles. The van der Waals surface area contributed by atoms with E-state index in [0.29, 0.717) is 35.8 Å². The molecule has 0 spiro atoms. The van der Waals surface area contributed by atoms with E-state index in [4.69, 9.17) is 14.2 Å². The molecule has 0 heterocycles. The highest BCUT2D eigenvalue weighted by Gasteiger charge is 2.25. The molecule has 0 amide bonds. The first-order chi connectivity index (χ1) is 11.6. The Balaban J connectivity index is 2.39. The number of carbonyl (C=O) groups is 1. The predicted molar refractivity (Wildman–Crippen MR) is 91.2 cm³/mol. The normalized spacial score (nSPS) is 11.6. The fourth-order valence-electron chi connectivity index (χ4n) is 2.63. The van der Waals surface area contributed by atoms with Crippen LogP contribution >= 0.6 is 0 Å². The summed E-state index contributed by atoms with van der Waals surface area (Å²) in [5.41, 5.74) is 1.46. The largest absolute Gasteiger partial charge is 0.497 e. The summed E-state index contributed by atoms with van der Waals surface area (Å²) in [7, 11) is 3.08. The Morgan fingerprint density at radius 2 is 1.83 bits per heavy atom. The Labute approximate surface area is 141 Å². The van der Waals surface area contributed by atoms with Gasteiger partial charge in [0.1, 0.15) is 17.2 Å². The minimum absolute atomic E-state index is 0.314. The first kappa shape index (κ1) is 17.7. The third-order valence-electron chi connectivity index (χ3n) is 3.81. The monoisotopic (exact) mass is 330 g/mol. The first-order valence-electron chi connectivity index (χ1n) is 7.76. The summed E-state index contributed by atoms with van der Waals surface area (Å²) in [4.78, 5) is 11.9. The molecular weight excluding hydrogens is 308 g/mol. The highest BCUT2D eigenvalue weighted by molar-refractivity contribution is 5.78. The quantitative estimate of drug-likeness (QED) is 0.802. The third-order valence-corrected chi connectivity index (χ3v) is 3.81. The van der Waals surface area contributed by atoms with Gasteiger partial charge in [-0.05, 0) is 31.0 Å². The van der Waals surface area contributed by atoms with Gasteiger partial charge in [0, 0.05) is 11.6 Å². The molecule has 0 saturated carbocycles. The fourth-order valence-corrected chi connectivity index (χ4v) is 2.63. The van der Waals surface area contributed by atoms with Gasteiger partial charge >= 0.3 is 5.97 Å². The van der Waals surface area contributed by atoms with Crippen molar-refractivity contribution in [2.45, 2.75) is 19.3 Å². The lowest BCUT2D eigenvalue weighted by Crippen LogP contribution is -2.16. The molecule has 1 atom stereocenters. The predicted octanol–water partition coefficient (Wildman–Crippen LogP) is 3.51. The molecule has 0 bridgehead atoms. The van der Waals surface area contributed by atoms with Crippen molar-refractivity contribution in [1.82, 2.24) is 0 Å². The van der Waals surface area contributed by atoms with E-state index in [1.165, 1.54) is 7.11 Å². The van der Waals surface area contributed by atoms with Crippen LogP contribution in [0.25, 0.3) is 0 Å². The van der Waals surface area contributed by atoms with Crippen LogP contribution in [0.15, 0.2) is 42.5 Å². The standard InChI is InChI=1S/C19H22O5/c1-4-24-17-8-6-5-7-13(17)11-16(19(20)21)15-10-9-14(22-2)12-18(15)23-3/h5-10,12,16H,4,11H2,1-3H3,(H,20,21). The molecule has 1 unspecified atom stereocenters. The maximum absolute atomic E-state index is 11.9. The summed E-state index contributed by atoms with van der Waals surface area (Å²) in [6.07, 6.45) is 0.314. The zero-order valence-corrected chi connectivity index (χ0v) is 14.1. The Bertz CT molecular complexity index is 696. The van der Waals surface area contributed by atoms with E-state index < -0.39 is 11.9 Å². The summed E-state index contributed by atoms with van der Waals surface area (Å²) in [5, 5.41) is 9.73. The van der Waals surface area contributed by atoms with Gasteiger partial charge in [-0.1, -0.05) is 24.3 Å². The van der Waals surface area contributed by atoms with Crippen LogP contribution in [-0.2, 0) is 11.2 Å². The van der Waals surface area contributed by atoms with E-state index >= 15 is 0 Å². The third kappa shape index (κ3) is 3.98. The molecule has 5 nitrogen and oxygen atoms in total. The van der Waals surface area contributed by atoms with Gasteiger partial charge in [-0.2, -0.15) is 0 Å². The van der Waals surface area contributed by atoms with Crippen molar-refractivity contribution in [3.63, 3.8) is 0 Å².